The molecule has 0 aliphatic rings. The minimum absolute atomic E-state index is 0.00684. The Morgan fingerprint density at radius 1 is 1.56 bits per heavy atom. The summed E-state index contributed by atoms with van der Waals surface area (Å²) in [6.07, 6.45) is 1.65. The van der Waals surface area contributed by atoms with Crippen LogP contribution in [0.3, 0.4) is 0 Å². The minimum atomic E-state index is 0.00684. The average molecular weight is 261 g/mol. The Balaban J connectivity index is 2.15. The number of amidine groups is 1. The van der Waals surface area contributed by atoms with Crippen LogP contribution in [0.1, 0.15) is 17.0 Å². The number of nitrogen functional groups attached to an aromatic ring is 1. The van der Waals surface area contributed by atoms with Gasteiger partial charge in [0.1, 0.15) is 11.5 Å². The maximum atomic E-state index is 7.49. The third-order valence-corrected chi connectivity index (χ3v) is 3.61. The topological polar surface area (TPSA) is 80.6 Å². The van der Waals surface area contributed by atoms with E-state index in [9.17, 15) is 0 Å². The number of aromatic nitrogens is 3. The van der Waals surface area contributed by atoms with Gasteiger partial charge in [-0.1, -0.05) is 6.07 Å². The fourth-order valence-corrected chi connectivity index (χ4v) is 2.69. The van der Waals surface area contributed by atoms with Crippen LogP contribution in [0.4, 0.5) is 0 Å². The zero-order chi connectivity index (χ0) is 13.1. The summed E-state index contributed by atoms with van der Waals surface area (Å²) in [6, 6.07) is 5.84. The maximum absolute atomic E-state index is 7.49. The van der Waals surface area contributed by atoms with Crippen molar-refractivity contribution in [3.05, 3.63) is 41.3 Å². The smallest absolute Gasteiger partial charge is 0.142 e. The van der Waals surface area contributed by atoms with E-state index in [2.05, 4.69) is 10.1 Å². The Labute approximate surface area is 110 Å². The van der Waals surface area contributed by atoms with Crippen LogP contribution in [0.5, 0.6) is 0 Å². The second kappa shape index (κ2) is 5.22. The highest BCUT2D eigenvalue weighted by Crippen LogP contribution is 2.23. The highest BCUT2D eigenvalue weighted by Gasteiger charge is 2.08. The number of nitrogens with two attached hydrogens (primary N) is 1. The monoisotopic (exact) mass is 261 g/mol. The van der Waals surface area contributed by atoms with Crippen LogP contribution < -0.4 is 5.73 Å². The first-order valence-electron chi connectivity index (χ1n) is 5.49. The zero-order valence-electron chi connectivity index (χ0n) is 10.3. The number of thioether (sulfide) groups is 1. The van der Waals surface area contributed by atoms with Crippen molar-refractivity contribution >= 4 is 17.6 Å². The van der Waals surface area contributed by atoms with Gasteiger partial charge in [0.15, 0.2) is 0 Å². The molecule has 6 heteroatoms. The normalized spacial score (nSPS) is 10.6. The molecule has 2 heterocycles. The summed E-state index contributed by atoms with van der Waals surface area (Å²) in [5, 5.41) is 12.9. The second-order valence-corrected chi connectivity index (χ2v) is 4.96. The molecule has 0 spiro atoms. The molecule has 0 fully saturated rings. The highest BCUT2D eigenvalue weighted by molar-refractivity contribution is 7.98. The quantitative estimate of drug-likeness (QED) is 0.498. The van der Waals surface area contributed by atoms with Crippen molar-refractivity contribution in [3.8, 4) is 0 Å². The summed E-state index contributed by atoms with van der Waals surface area (Å²) in [6.45, 7) is 1.97. The number of hydrogen-bond donors (Lipinski definition) is 2. The lowest BCUT2D eigenvalue weighted by molar-refractivity contribution is 0.692. The van der Waals surface area contributed by atoms with Crippen molar-refractivity contribution in [1.29, 1.82) is 5.41 Å². The lowest BCUT2D eigenvalue weighted by atomic mass is 10.2. The number of nitrogens with zero attached hydrogens (tertiary/aromatic N) is 3. The molecule has 0 bridgehead atoms. The van der Waals surface area contributed by atoms with E-state index in [4.69, 9.17) is 11.1 Å². The summed E-state index contributed by atoms with van der Waals surface area (Å²) in [5.41, 5.74) is 8.04. The lowest BCUT2D eigenvalue weighted by Crippen LogP contribution is -2.15. The van der Waals surface area contributed by atoms with Crippen LogP contribution in [0.25, 0.3) is 0 Å². The number of aryl methyl sites for hydroxylation is 2. The molecule has 5 nitrogen and oxygen atoms in total. The van der Waals surface area contributed by atoms with Crippen LogP contribution in [-0.4, -0.2) is 20.6 Å². The minimum Gasteiger partial charge on any atom is -0.382 e. The second-order valence-electron chi connectivity index (χ2n) is 3.96. The third kappa shape index (κ3) is 2.70. The van der Waals surface area contributed by atoms with Crippen LogP contribution in [-0.2, 0) is 12.8 Å². The average Bonchev–Trinajstić information content (AvgIpc) is 2.65. The molecule has 0 atom stereocenters. The van der Waals surface area contributed by atoms with Crippen molar-refractivity contribution in [1.82, 2.24) is 14.8 Å². The molecule has 3 N–H and O–H groups in total. The van der Waals surface area contributed by atoms with Gasteiger partial charge in [0, 0.05) is 19.0 Å². The Morgan fingerprint density at radius 3 is 2.94 bits per heavy atom. The summed E-state index contributed by atoms with van der Waals surface area (Å²) in [7, 11) is 1.92. The van der Waals surface area contributed by atoms with Crippen molar-refractivity contribution in [3.63, 3.8) is 0 Å². The first kappa shape index (κ1) is 12.6. The molecule has 0 saturated heterocycles. The molecule has 0 aliphatic heterocycles. The zero-order valence-corrected chi connectivity index (χ0v) is 11.2. The van der Waals surface area contributed by atoms with Crippen molar-refractivity contribution in [2.45, 2.75) is 17.7 Å². The number of nitrogens with one attached hydrogen (secondary N) is 1. The fraction of sp³-hybridized carbons (Fsp3) is 0.250. The van der Waals surface area contributed by atoms with Gasteiger partial charge in [0.05, 0.1) is 10.7 Å². The predicted molar refractivity (Wildman–Crippen MR) is 72.8 cm³/mol. The Hall–Kier alpha value is -1.82. The molecule has 0 amide bonds. The standard InChI is InChI=1S/C12H15N5S/c1-8-6-10(17(2)16-8)18-7-9-4-3-5-15-11(9)12(13)14/h3-6H,7H2,1-2H3,(H3,13,14). The van der Waals surface area contributed by atoms with Gasteiger partial charge in [-0.05, 0) is 24.6 Å². The van der Waals surface area contributed by atoms with Crippen LogP contribution in [0, 0.1) is 12.3 Å². The first-order chi connectivity index (χ1) is 8.58. The molecular weight excluding hydrogens is 246 g/mol. The van der Waals surface area contributed by atoms with E-state index in [0.717, 1.165) is 22.0 Å². The van der Waals surface area contributed by atoms with Crippen molar-refractivity contribution < 1.29 is 0 Å². The number of pyridine rings is 1. The number of rotatable bonds is 4. The summed E-state index contributed by atoms with van der Waals surface area (Å²) in [4.78, 5) is 4.13. The van der Waals surface area contributed by atoms with Gasteiger partial charge in [-0.25, -0.2) is 0 Å². The predicted octanol–water partition coefficient (Wildman–Crippen LogP) is 1.70. The molecule has 0 radical (unpaired) electrons. The van der Waals surface area contributed by atoms with E-state index < -0.39 is 0 Å². The largest absolute Gasteiger partial charge is 0.382 e. The molecule has 0 unspecified atom stereocenters. The van der Waals surface area contributed by atoms with Gasteiger partial charge >= 0.3 is 0 Å². The van der Waals surface area contributed by atoms with Gasteiger partial charge in [-0.15, -0.1) is 11.8 Å². The van der Waals surface area contributed by atoms with E-state index >= 15 is 0 Å². The van der Waals surface area contributed by atoms with E-state index in [-0.39, 0.29) is 5.84 Å². The van der Waals surface area contributed by atoms with Crippen molar-refractivity contribution in [2.75, 3.05) is 0 Å². The van der Waals surface area contributed by atoms with Crippen LogP contribution in [0.15, 0.2) is 29.4 Å². The van der Waals surface area contributed by atoms with E-state index in [1.807, 2.05) is 36.9 Å². The fourth-order valence-electron chi connectivity index (χ4n) is 1.67. The highest BCUT2D eigenvalue weighted by atomic mass is 32.2. The summed E-state index contributed by atoms with van der Waals surface area (Å²) >= 11 is 1.66. The van der Waals surface area contributed by atoms with Gasteiger partial charge < -0.3 is 5.73 Å². The Kier molecular flexibility index (Phi) is 3.66. The maximum Gasteiger partial charge on any atom is 0.142 e. The lowest BCUT2D eigenvalue weighted by Gasteiger charge is -2.06. The van der Waals surface area contributed by atoms with E-state index in [0.29, 0.717) is 5.69 Å². The molecule has 2 aromatic rings. The Bertz CT molecular complexity index is 576. The molecule has 0 saturated carbocycles. The SMILES string of the molecule is Cc1cc(SCc2cccnc2C(=N)N)n(C)n1. The Morgan fingerprint density at radius 2 is 2.33 bits per heavy atom. The van der Waals surface area contributed by atoms with Gasteiger partial charge in [0.2, 0.25) is 0 Å². The summed E-state index contributed by atoms with van der Waals surface area (Å²) < 4.78 is 1.85. The van der Waals surface area contributed by atoms with Gasteiger partial charge in [-0.3, -0.25) is 15.1 Å². The van der Waals surface area contributed by atoms with E-state index in [1.54, 1.807) is 18.0 Å². The first-order valence-corrected chi connectivity index (χ1v) is 6.48. The summed E-state index contributed by atoms with van der Waals surface area (Å²) in [5.74, 6) is 0.731. The molecule has 2 rings (SSSR count). The molecule has 94 valence electrons. The molecule has 18 heavy (non-hydrogen) atoms. The molecule has 0 aliphatic carbocycles. The molecular formula is C12H15N5S. The third-order valence-electron chi connectivity index (χ3n) is 2.48. The van der Waals surface area contributed by atoms with Crippen LogP contribution in [0.2, 0.25) is 0 Å². The number of hydrogen-bond acceptors (Lipinski definition) is 4. The van der Waals surface area contributed by atoms with Gasteiger partial charge in [-0.2, -0.15) is 5.10 Å². The van der Waals surface area contributed by atoms with Crippen molar-refractivity contribution in [2.24, 2.45) is 12.8 Å². The van der Waals surface area contributed by atoms with E-state index in [1.165, 1.54) is 0 Å². The van der Waals surface area contributed by atoms with Gasteiger partial charge in [0.25, 0.3) is 0 Å². The molecule has 2 aromatic heterocycles. The molecule has 0 aromatic carbocycles. The van der Waals surface area contributed by atoms with Crippen LogP contribution >= 0.6 is 11.8 Å².